The van der Waals surface area contributed by atoms with Crippen molar-refractivity contribution in [3.8, 4) is 0 Å². The largest absolute Gasteiger partial charge is 0.396 e. The van der Waals surface area contributed by atoms with E-state index in [2.05, 4.69) is 4.90 Å². The summed E-state index contributed by atoms with van der Waals surface area (Å²) >= 11 is 6.04. The lowest BCUT2D eigenvalue weighted by Crippen LogP contribution is -2.19. The Bertz CT molecular complexity index is 426. The molecular weight excluding hydrogens is 268 g/mol. The van der Waals surface area contributed by atoms with Gasteiger partial charge in [-0.3, -0.25) is 10.1 Å². The number of nitrogens with zero attached hydrogens (tertiary/aromatic N) is 2. The van der Waals surface area contributed by atoms with Crippen molar-refractivity contribution in [3.05, 3.63) is 38.9 Å². The number of rotatable bonds is 8. The van der Waals surface area contributed by atoms with Gasteiger partial charge in [0.1, 0.15) is 0 Å². The summed E-state index contributed by atoms with van der Waals surface area (Å²) in [5.41, 5.74) is 0.899. The Hall–Kier alpha value is -1.17. The molecule has 0 amide bonds. The number of hydrogen-bond donors (Lipinski definition) is 1. The number of aliphatic hydroxyl groups excluding tert-OH is 1. The van der Waals surface area contributed by atoms with Gasteiger partial charge in [0.25, 0.3) is 5.69 Å². The van der Waals surface area contributed by atoms with Crippen molar-refractivity contribution < 1.29 is 10.0 Å². The number of benzene rings is 1. The van der Waals surface area contributed by atoms with Gasteiger partial charge in [-0.05, 0) is 44.5 Å². The molecule has 5 nitrogen and oxygen atoms in total. The van der Waals surface area contributed by atoms with Crippen molar-refractivity contribution in [2.45, 2.75) is 25.8 Å². The van der Waals surface area contributed by atoms with Crippen LogP contribution in [0.25, 0.3) is 0 Å². The number of aliphatic hydroxyl groups is 1. The monoisotopic (exact) mass is 286 g/mol. The predicted molar refractivity (Wildman–Crippen MR) is 75.4 cm³/mol. The number of hydrogen-bond acceptors (Lipinski definition) is 4. The van der Waals surface area contributed by atoms with Crippen molar-refractivity contribution in [2.24, 2.45) is 0 Å². The highest BCUT2D eigenvalue weighted by Gasteiger charge is 2.10. The summed E-state index contributed by atoms with van der Waals surface area (Å²) in [5.74, 6) is 0. The zero-order valence-corrected chi connectivity index (χ0v) is 11.8. The Balaban J connectivity index is 2.50. The first-order valence-corrected chi connectivity index (χ1v) is 6.64. The van der Waals surface area contributed by atoms with Crippen LogP contribution in [-0.4, -0.2) is 35.1 Å². The molecule has 0 saturated carbocycles. The van der Waals surface area contributed by atoms with Crippen molar-refractivity contribution in [2.75, 3.05) is 20.2 Å². The first-order valence-electron chi connectivity index (χ1n) is 6.27. The average molecular weight is 287 g/mol. The third kappa shape index (κ3) is 5.55. The van der Waals surface area contributed by atoms with E-state index in [0.29, 0.717) is 11.6 Å². The number of nitro benzene ring substituents is 1. The molecule has 1 aromatic rings. The fourth-order valence-corrected chi connectivity index (χ4v) is 2.05. The zero-order valence-electron chi connectivity index (χ0n) is 11.0. The van der Waals surface area contributed by atoms with E-state index in [1.165, 1.54) is 12.1 Å². The van der Waals surface area contributed by atoms with Gasteiger partial charge in [0.15, 0.2) is 0 Å². The van der Waals surface area contributed by atoms with Crippen molar-refractivity contribution in [1.82, 2.24) is 4.90 Å². The number of non-ortho nitro benzene ring substituents is 1. The van der Waals surface area contributed by atoms with Gasteiger partial charge in [-0.15, -0.1) is 0 Å². The highest BCUT2D eigenvalue weighted by Crippen LogP contribution is 2.23. The summed E-state index contributed by atoms with van der Waals surface area (Å²) in [6, 6.07) is 4.56. The second kappa shape index (κ2) is 8.09. The Morgan fingerprint density at radius 3 is 2.68 bits per heavy atom. The van der Waals surface area contributed by atoms with Gasteiger partial charge >= 0.3 is 0 Å². The van der Waals surface area contributed by atoms with Crippen molar-refractivity contribution in [1.29, 1.82) is 0 Å². The molecule has 1 aromatic carbocycles. The molecular formula is C13H19ClN2O3. The normalized spacial score (nSPS) is 10.9. The van der Waals surface area contributed by atoms with Crippen molar-refractivity contribution >= 4 is 17.3 Å². The minimum Gasteiger partial charge on any atom is -0.396 e. The molecule has 1 N–H and O–H groups in total. The molecule has 0 unspecified atom stereocenters. The number of halogens is 1. The maximum atomic E-state index is 10.6. The fourth-order valence-electron chi connectivity index (χ4n) is 1.82. The highest BCUT2D eigenvalue weighted by molar-refractivity contribution is 6.31. The van der Waals surface area contributed by atoms with E-state index >= 15 is 0 Å². The second-order valence-corrected chi connectivity index (χ2v) is 4.96. The van der Waals surface area contributed by atoms with Crippen LogP contribution in [0.4, 0.5) is 5.69 Å². The van der Waals surface area contributed by atoms with Crippen LogP contribution in [0.15, 0.2) is 18.2 Å². The summed E-state index contributed by atoms with van der Waals surface area (Å²) < 4.78 is 0. The molecule has 0 saturated heterocycles. The number of unbranched alkanes of at least 4 members (excludes halogenated alkanes) is 2. The Morgan fingerprint density at radius 1 is 1.37 bits per heavy atom. The molecule has 0 atom stereocenters. The van der Waals surface area contributed by atoms with Crippen molar-refractivity contribution in [3.63, 3.8) is 0 Å². The molecule has 0 aromatic heterocycles. The van der Waals surface area contributed by atoms with Crippen LogP contribution in [0.5, 0.6) is 0 Å². The lowest BCUT2D eigenvalue weighted by atomic mass is 10.2. The molecule has 0 heterocycles. The van der Waals surface area contributed by atoms with Crippen LogP contribution in [0, 0.1) is 10.1 Å². The molecule has 0 aliphatic carbocycles. The van der Waals surface area contributed by atoms with Crippen LogP contribution in [-0.2, 0) is 6.54 Å². The second-order valence-electron chi connectivity index (χ2n) is 4.55. The molecule has 0 bridgehead atoms. The summed E-state index contributed by atoms with van der Waals surface area (Å²) in [5, 5.41) is 19.7. The van der Waals surface area contributed by atoms with Gasteiger partial charge < -0.3 is 10.0 Å². The van der Waals surface area contributed by atoms with Gasteiger partial charge in [0.05, 0.1) is 9.95 Å². The van der Waals surface area contributed by atoms with E-state index in [-0.39, 0.29) is 12.3 Å². The molecule has 0 spiro atoms. The lowest BCUT2D eigenvalue weighted by Gasteiger charge is -2.17. The van der Waals surface area contributed by atoms with E-state index in [1.54, 1.807) is 6.07 Å². The molecule has 106 valence electrons. The molecule has 6 heteroatoms. The molecule has 1 rings (SSSR count). The van der Waals surface area contributed by atoms with E-state index in [9.17, 15) is 10.1 Å². The van der Waals surface area contributed by atoms with E-state index in [0.717, 1.165) is 31.4 Å². The highest BCUT2D eigenvalue weighted by atomic mass is 35.5. The predicted octanol–water partition coefficient (Wildman–Crippen LogP) is 2.84. The summed E-state index contributed by atoms with van der Waals surface area (Å²) in [6.45, 7) is 1.81. The third-order valence-electron chi connectivity index (χ3n) is 2.89. The first kappa shape index (κ1) is 15.9. The minimum absolute atomic E-state index is 0.0133. The number of nitro groups is 1. The standard InChI is InChI=1S/C13H19ClN2O3/c1-15(7-3-2-4-8-17)10-11-5-6-12(16(18)19)9-13(11)14/h5-6,9,17H,2-4,7-8,10H2,1H3. The van der Waals surface area contributed by atoms with Gasteiger partial charge in [0, 0.05) is 25.3 Å². The van der Waals surface area contributed by atoms with Gasteiger partial charge in [-0.1, -0.05) is 11.6 Å². The van der Waals surface area contributed by atoms with Crippen LogP contribution in [0.2, 0.25) is 5.02 Å². The van der Waals surface area contributed by atoms with E-state index < -0.39 is 4.92 Å². The Morgan fingerprint density at radius 2 is 2.11 bits per heavy atom. The molecule has 0 fully saturated rings. The van der Waals surface area contributed by atoms with Crippen LogP contribution in [0.3, 0.4) is 0 Å². The molecule has 19 heavy (non-hydrogen) atoms. The molecule has 0 aliphatic rings. The fraction of sp³-hybridized carbons (Fsp3) is 0.538. The summed E-state index contributed by atoms with van der Waals surface area (Å²) in [4.78, 5) is 12.3. The lowest BCUT2D eigenvalue weighted by molar-refractivity contribution is -0.384. The Labute approximate surface area is 117 Å². The van der Waals surface area contributed by atoms with Crippen LogP contribution >= 0.6 is 11.6 Å². The maximum absolute atomic E-state index is 10.6. The van der Waals surface area contributed by atoms with Crippen LogP contribution < -0.4 is 0 Å². The smallest absolute Gasteiger partial charge is 0.270 e. The average Bonchev–Trinajstić information content (AvgIpc) is 2.37. The SMILES string of the molecule is CN(CCCCCO)Cc1ccc([N+](=O)[O-])cc1Cl. The quantitative estimate of drug-likeness (QED) is 0.453. The Kier molecular flexibility index (Phi) is 6.77. The summed E-state index contributed by atoms with van der Waals surface area (Å²) in [7, 11) is 1.98. The molecule has 0 radical (unpaired) electrons. The van der Waals surface area contributed by atoms with Gasteiger partial charge in [-0.2, -0.15) is 0 Å². The molecule has 0 aliphatic heterocycles. The summed E-state index contributed by atoms with van der Waals surface area (Å²) in [6.07, 6.45) is 2.84. The first-order chi connectivity index (χ1) is 9.04. The third-order valence-corrected chi connectivity index (χ3v) is 3.24. The minimum atomic E-state index is -0.450. The van der Waals surface area contributed by atoms with E-state index in [4.69, 9.17) is 16.7 Å². The van der Waals surface area contributed by atoms with Crippen LogP contribution in [0.1, 0.15) is 24.8 Å². The maximum Gasteiger partial charge on any atom is 0.270 e. The van der Waals surface area contributed by atoms with Gasteiger partial charge in [0.2, 0.25) is 0 Å². The topological polar surface area (TPSA) is 66.6 Å². The van der Waals surface area contributed by atoms with E-state index in [1.807, 2.05) is 7.05 Å². The van der Waals surface area contributed by atoms with Gasteiger partial charge in [-0.25, -0.2) is 0 Å². The zero-order chi connectivity index (χ0) is 14.3.